The molecule has 0 aliphatic carbocycles. The Balaban J connectivity index is 2.71. The zero-order valence-corrected chi connectivity index (χ0v) is 13.1. The highest BCUT2D eigenvalue weighted by molar-refractivity contribution is 8.00. The number of esters is 1. The van der Waals surface area contributed by atoms with Gasteiger partial charge in [-0.05, 0) is 39.8 Å². The van der Waals surface area contributed by atoms with Crippen LogP contribution < -0.4 is 5.32 Å². The second kappa shape index (κ2) is 7.94. The summed E-state index contributed by atoms with van der Waals surface area (Å²) in [4.78, 5) is 24.4. The summed E-state index contributed by atoms with van der Waals surface area (Å²) in [7, 11) is 0. The lowest BCUT2D eigenvalue weighted by Gasteiger charge is -2.12. The molecule has 1 N–H and O–H groups in total. The maximum Gasteiger partial charge on any atom is 0.339 e. The molecule has 1 aromatic carbocycles. The van der Waals surface area contributed by atoms with E-state index in [2.05, 4.69) is 5.32 Å². The van der Waals surface area contributed by atoms with Crippen molar-refractivity contribution < 1.29 is 14.3 Å². The van der Waals surface area contributed by atoms with E-state index in [4.69, 9.17) is 4.74 Å². The van der Waals surface area contributed by atoms with Crippen molar-refractivity contribution in [3.05, 3.63) is 29.8 Å². The summed E-state index contributed by atoms with van der Waals surface area (Å²) in [5, 5.41) is 2.82. The number of ether oxygens (including phenoxy) is 1. The van der Waals surface area contributed by atoms with E-state index in [1.165, 1.54) is 11.8 Å². The Kier molecular flexibility index (Phi) is 6.58. The zero-order chi connectivity index (χ0) is 15.1. The number of benzene rings is 1. The van der Waals surface area contributed by atoms with Gasteiger partial charge in [0.25, 0.3) is 0 Å². The quantitative estimate of drug-likeness (QED) is 0.647. The topological polar surface area (TPSA) is 55.4 Å². The molecule has 0 radical (unpaired) electrons. The Labute approximate surface area is 124 Å². The first-order valence-corrected chi connectivity index (χ1v) is 7.61. The Bertz CT molecular complexity index is 472. The fourth-order valence-electron chi connectivity index (χ4n) is 1.55. The van der Waals surface area contributed by atoms with Crippen LogP contribution in [0, 0.1) is 0 Å². The summed E-state index contributed by atoms with van der Waals surface area (Å²) in [6.45, 7) is 7.44. The van der Waals surface area contributed by atoms with Gasteiger partial charge in [0.05, 0.1) is 17.4 Å². The molecule has 20 heavy (non-hydrogen) atoms. The van der Waals surface area contributed by atoms with E-state index in [0.29, 0.717) is 5.56 Å². The van der Waals surface area contributed by atoms with Crippen LogP contribution in [0.4, 0.5) is 0 Å². The smallest absolute Gasteiger partial charge is 0.339 e. The predicted octanol–water partition coefficient (Wildman–Crippen LogP) is 2.87. The molecule has 0 atom stereocenters. The second-order valence-electron chi connectivity index (χ2n) is 4.96. The number of thioether (sulfide) groups is 1. The number of hydrogen-bond acceptors (Lipinski definition) is 4. The number of amides is 1. The molecule has 0 spiro atoms. The molecule has 0 bridgehead atoms. The summed E-state index contributed by atoms with van der Waals surface area (Å²) >= 11 is 1.34. The molecule has 1 rings (SSSR count). The first kappa shape index (κ1) is 16.6. The van der Waals surface area contributed by atoms with Crippen LogP contribution in [0.3, 0.4) is 0 Å². The SMILES string of the molecule is CC(C)NC(=O)CSc1ccccc1C(=O)OC(C)C. The molecule has 4 nitrogen and oxygen atoms in total. The third-order valence-electron chi connectivity index (χ3n) is 2.26. The van der Waals surface area contributed by atoms with Gasteiger partial charge in [-0.1, -0.05) is 12.1 Å². The summed E-state index contributed by atoms with van der Waals surface area (Å²) in [6, 6.07) is 7.28. The molecule has 5 heteroatoms. The molecule has 1 amide bonds. The highest BCUT2D eigenvalue weighted by Gasteiger charge is 2.15. The van der Waals surface area contributed by atoms with Gasteiger partial charge < -0.3 is 10.1 Å². The lowest BCUT2D eigenvalue weighted by Crippen LogP contribution is -2.31. The van der Waals surface area contributed by atoms with Crippen LogP contribution in [-0.4, -0.2) is 29.8 Å². The Morgan fingerprint density at radius 2 is 1.85 bits per heavy atom. The van der Waals surface area contributed by atoms with Crippen molar-refractivity contribution in [2.45, 2.75) is 44.7 Å². The monoisotopic (exact) mass is 295 g/mol. The number of carbonyl (C=O) groups is 2. The normalized spacial score (nSPS) is 10.7. The predicted molar refractivity (Wildman–Crippen MR) is 81.0 cm³/mol. The Morgan fingerprint density at radius 1 is 1.20 bits per heavy atom. The molecule has 110 valence electrons. The minimum atomic E-state index is -0.354. The fourth-order valence-corrected chi connectivity index (χ4v) is 2.40. The van der Waals surface area contributed by atoms with Gasteiger partial charge in [0.2, 0.25) is 5.91 Å². The van der Waals surface area contributed by atoms with Gasteiger partial charge >= 0.3 is 5.97 Å². The van der Waals surface area contributed by atoms with E-state index >= 15 is 0 Å². The van der Waals surface area contributed by atoms with Crippen LogP contribution >= 0.6 is 11.8 Å². The molecule has 0 aliphatic heterocycles. The minimum Gasteiger partial charge on any atom is -0.459 e. The molecule has 0 saturated carbocycles. The molecule has 0 aliphatic rings. The summed E-state index contributed by atoms with van der Waals surface area (Å²) in [5.41, 5.74) is 0.503. The van der Waals surface area contributed by atoms with E-state index < -0.39 is 0 Å². The summed E-state index contributed by atoms with van der Waals surface area (Å²) in [5.74, 6) is -0.117. The highest BCUT2D eigenvalue weighted by atomic mass is 32.2. The molecular formula is C15H21NO3S. The number of hydrogen-bond donors (Lipinski definition) is 1. The van der Waals surface area contributed by atoms with E-state index in [-0.39, 0.29) is 29.8 Å². The molecular weight excluding hydrogens is 274 g/mol. The summed E-state index contributed by atoms with van der Waals surface area (Å²) in [6.07, 6.45) is -0.162. The molecule has 0 saturated heterocycles. The van der Waals surface area contributed by atoms with Crippen LogP contribution in [0.1, 0.15) is 38.1 Å². The fraction of sp³-hybridized carbons (Fsp3) is 0.467. The maximum atomic E-state index is 12.0. The molecule has 0 fully saturated rings. The van der Waals surface area contributed by atoms with E-state index in [0.717, 1.165) is 4.90 Å². The van der Waals surface area contributed by atoms with Crippen molar-refractivity contribution in [2.75, 3.05) is 5.75 Å². The van der Waals surface area contributed by atoms with E-state index in [1.54, 1.807) is 12.1 Å². The van der Waals surface area contributed by atoms with Crippen molar-refractivity contribution in [3.8, 4) is 0 Å². The van der Waals surface area contributed by atoms with Gasteiger partial charge in [-0.15, -0.1) is 11.8 Å². The van der Waals surface area contributed by atoms with Crippen LogP contribution in [0.5, 0.6) is 0 Å². The van der Waals surface area contributed by atoms with Gasteiger partial charge in [0.15, 0.2) is 0 Å². The molecule has 1 aromatic rings. The standard InChI is InChI=1S/C15H21NO3S/c1-10(2)16-14(17)9-20-13-8-6-5-7-12(13)15(18)19-11(3)4/h5-8,10-11H,9H2,1-4H3,(H,16,17). The van der Waals surface area contributed by atoms with Crippen molar-refractivity contribution in [3.63, 3.8) is 0 Å². The van der Waals surface area contributed by atoms with Gasteiger partial charge in [-0.3, -0.25) is 4.79 Å². The van der Waals surface area contributed by atoms with Gasteiger partial charge in [0.1, 0.15) is 0 Å². The van der Waals surface area contributed by atoms with Crippen molar-refractivity contribution >= 4 is 23.6 Å². The van der Waals surface area contributed by atoms with Crippen LogP contribution in [0.2, 0.25) is 0 Å². The lowest BCUT2D eigenvalue weighted by molar-refractivity contribution is -0.119. The van der Waals surface area contributed by atoms with Crippen molar-refractivity contribution in [1.82, 2.24) is 5.32 Å². The van der Waals surface area contributed by atoms with Gasteiger partial charge in [-0.25, -0.2) is 4.79 Å². The average Bonchev–Trinajstić information content (AvgIpc) is 2.35. The van der Waals surface area contributed by atoms with E-state index in [9.17, 15) is 9.59 Å². The number of carbonyl (C=O) groups excluding carboxylic acids is 2. The largest absolute Gasteiger partial charge is 0.459 e. The first-order valence-electron chi connectivity index (χ1n) is 6.62. The first-order chi connectivity index (χ1) is 9.40. The number of rotatable bonds is 6. The third-order valence-corrected chi connectivity index (χ3v) is 3.33. The van der Waals surface area contributed by atoms with Crippen molar-refractivity contribution in [2.24, 2.45) is 0 Å². The highest BCUT2D eigenvalue weighted by Crippen LogP contribution is 2.23. The Morgan fingerprint density at radius 3 is 2.45 bits per heavy atom. The van der Waals surface area contributed by atoms with Crippen LogP contribution in [0.15, 0.2) is 29.2 Å². The Hall–Kier alpha value is -1.49. The average molecular weight is 295 g/mol. The molecule has 0 unspecified atom stereocenters. The van der Waals surface area contributed by atoms with Gasteiger partial charge in [0, 0.05) is 10.9 Å². The van der Waals surface area contributed by atoms with Crippen LogP contribution in [0.25, 0.3) is 0 Å². The minimum absolute atomic E-state index is 0.0444. The van der Waals surface area contributed by atoms with E-state index in [1.807, 2.05) is 39.8 Å². The molecule has 0 heterocycles. The zero-order valence-electron chi connectivity index (χ0n) is 12.3. The van der Waals surface area contributed by atoms with Crippen LogP contribution in [-0.2, 0) is 9.53 Å². The third kappa shape index (κ3) is 5.65. The molecule has 0 aromatic heterocycles. The summed E-state index contributed by atoms with van der Waals surface area (Å²) < 4.78 is 5.20. The second-order valence-corrected chi connectivity index (χ2v) is 5.98. The maximum absolute atomic E-state index is 12.0. The van der Waals surface area contributed by atoms with Crippen molar-refractivity contribution in [1.29, 1.82) is 0 Å². The van der Waals surface area contributed by atoms with Gasteiger partial charge in [-0.2, -0.15) is 0 Å². The lowest BCUT2D eigenvalue weighted by atomic mass is 10.2. The number of nitrogens with one attached hydrogen (secondary N) is 1.